The third-order valence-electron chi connectivity index (χ3n) is 1.94. The molecule has 0 bridgehead atoms. The minimum atomic E-state index is 1.10. The summed E-state index contributed by atoms with van der Waals surface area (Å²) in [4.78, 5) is 0. The first kappa shape index (κ1) is 7.74. The van der Waals surface area contributed by atoms with Crippen LogP contribution in [0.2, 0.25) is 0 Å². The number of nitrogens with zero attached hydrogens (tertiary/aromatic N) is 1. The number of benzene rings is 1. The van der Waals surface area contributed by atoms with Crippen LogP contribution in [0.4, 0.5) is 0 Å². The molecule has 0 saturated heterocycles. The third-order valence-corrected chi connectivity index (χ3v) is 2.80. The fourth-order valence-corrected chi connectivity index (χ4v) is 2.18. The second-order valence-corrected chi connectivity index (χ2v) is 3.68. The van der Waals surface area contributed by atoms with E-state index in [9.17, 15) is 0 Å². The van der Waals surface area contributed by atoms with Crippen LogP contribution in [-0.4, -0.2) is 4.37 Å². The summed E-state index contributed by atoms with van der Waals surface area (Å²) >= 11 is 1.60. The Balaban J connectivity index is 2.55. The molecular formula is C10H11NS. The Hall–Kier alpha value is -0.890. The Kier molecular flexibility index (Phi) is 2.09. The fraction of sp³-hybridized carbons (Fsp3) is 0.300. The van der Waals surface area contributed by atoms with Crippen LogP contribution in [0.25, 0.3) is 10.1 Å². The van der Waals surface area contributed by atoms with Crippen LogP contribution >= 0.6 is 11.5 Å². The molecular weight excluding hydrogens is 166 g/mol. The van der Waals surface area contributed by atoms with Gasteiger partial charge in [-0.2, -0.15) is 4.37 Å². The fourth-order valence-electron chi connectivity index (χ4n) is 1.36. The molecule has 1 aromatic heterocycles. The number of fused-ring (bicyclic) bond motifs is 1. The van der Waals surface area contributed by atoms with Crippen molar-refractivity contribution >= 4 is 21.6 Å². The molecule has 2 aromatic rings. The first-order chi connectivity index (χ1) is 5.92. The van der Waals surface area contributed by atoms with Crippen molar-refractivity contribution in [3.63, 3.8) is 0 Å². The molecule has 0 N–H and O–H groups in total. The van der Waals surface area contributed by atoms with E-state index >= 15 is 0 Å². The molecule has 0 saturated carbocycles. The van der Waals surface area contributed by atoms with E-state index < -0.39 is 0 Å². The van der Waals surface area contributed by atoms with Crippen LogP contribution in [0.5, 0.6) is 0 Å². The van der Waals surface area contributed by atoms with E-state index in [-0.39, 0.29) is 0 Å². The van der Waals surface area contributed by atoms with Crippen LogP contribution in [0, 0.1) is 0 Å². The van der Waals surface area contributed by atoms with Crippen molar-refractivity contribution in [3.8, 4) is 0 Å². The van der Waals surface area contributed by atoms with E-state index in [0.29, 0.717) is 0 Å². The van der Waals surface area contributed by atoms with Gasteiger partial charge in [-0.05, 0) is 24.0 Å². The largest absolute Gasteiger partial charge is 0.196 e. The van der Waals surface area contributed by atoms with Crippen molar-refractivity contribution in [1.82, 2.24) is 4.37 Å². The summed E-state index contributed by atoms with van der Waals surface area (Å²) in [6, 6.07) is 8.43. The van der Waals surface area contributed by atoms with E-state index in [2.05, 4.69) is 35.6 Å². The molecule has 0 aliphatic carbocycles. The zero-order chi connectivity index (χ0) is 8.39. The lowest BCUT2D eigenvalue weighted by Crippen LogP contribution is -1.81. The van der Waals surface area contributed by atoms with Crippen LogP contribution < -0.4 is 0 Å². The maximum atomic E-state index is 4.43. The van der Waals surface area contributed by atoms with Gasteiger partial charge in [0.25, 0.3) is 0 Å². The lowest BCUT2D eigenvalue weighted by Gasteiger charge is -1.91. The van der Waals surface area contributed by atoms with Crippen molar-refractivity contribution in [1.29, 1.82) is 0 Å². The van der Waals surface area contributed by atoms with Crippen molar-refractivity contribution in [2.24, 2.45) is 0 Å². The van der Waals surface area contributed by atoms with Gasteiger partial charge in [-0.25, -0.2) is 0 Å². The molecule has 1 aromatic carbocycles. The van der Waals surface area contributed by atoms with Gasteiger partial charge in [-0.1, -0.05) is 31.5 Å². The number of aromatic nitrogens is 1. The van der Waals surface area contributed by atoms with Gasteiger partial charge in [0.2, 0.25) is 0 Å². The molecule has 0 radical (unpaired) electrons. The SMILES string of the molecule is CCCc1nsc2ccccc12. The van der Waals surface area contributed by atoms with Crippen molar-refractivity contribution in [3.05, 3.63) is 30.0 Å². The standard InChI is InChI=1S/C10H11NS/c1-2-5-9-8-6-3-4-7-10(8)12-11-9/h3-4,6-7H,2,5H2,1H3. The molecule has 12 heavy (non-hydrogen) atoms. The van der Waals surface area contributed by atoms with Crippen LogP contribution in [0.3, 0.4) is 0 Å². The second-order valence-electron chi connectivity index (χ2n) is 2.88. The summed E-state index contributed by atoms with van der Waals surface area (Å²) in [7, 11) is 0. The highest BCUT2D eigenvalue weighted by Crippen LogP contribution is 2.22. The minimum Gasteiger partial charge on any atom is -0.196 e. The smallest absolute Gasteiger partial charge is 0.0620 e. The molecule has 0 amide bonds. The van der Waals surface area contributed by atoms with Crippen LogP contribution in [0.1, 0.15) is 19.0 Å². The maximum absolute atomic E-state index is 4.43. The summed E-state index contributed by atoms with van der Waals surface area (Å²) in [6.07, 6.45) is 2.28. The van der Waals surface area contributed by atoms with E-state index in [0.717, 1.165) is 6.42 Å². The van der Waals surface area contributed by atoms with Gasteiger partial charge in [0.05, 0.1) is 10.4 Å². The highest BCUT2D eigenvalue weighted by atomic mass is 32.1. The summed E-state index contributed by atoms with van der Waals surface area (Å²) in [6.45, 7) is 2.19. The minimum absolute atomic E-state index is 1.10. The number of hydrogen-bond acceptors (Lipinski definition) is 2. The molecule has 0 atom stereocenters. The Labute approximate surface area is 76.2 Å². The number of rotatable bonds is 2. The van der Waals surface area contributed by atoms with E-state index in [1.165, 1.54) is 22.2 Å². The summed E-state index contributed by atoms with van der Waals surface area (Å²) < 4.78 is 5.73. The number of aryl methyl sites for hydroxylation is 1. The molecule has 2 heteroatoms. The summed E-state index contributed by atoms with van der Waals surface area (Å²) in [5, 5.41) is 1.34. The third kappa shape index (κ3) is 1.23. The highest BCUT2D eigenvalue weighted by Gasteiger charge is 2.02. The molecule has 0 spiro atoms. The Bertz CT molecular complexity index is 378. The molecule has 0 aliphatic rings. The molecule has 0 aliphatic heterocycles. The van der Waals surface area contributed by atoms with Crippen molar-refractivity contribution in [2.45, 2.75) is 19.8 Å². The lowest BCUT2D eigenvalue weighted by atomic mass is 10.1. The first-order valence-electron chi connectivity index (χ1n) is 4.25. The molecule has 0 unspecified atom stereocenters. The molecule has 62 valence electrons. The van der Waals surface area contributed by atoms with Crippen molar-refractivity contribution < 1.29 is 0 Å². The Morgan fingerprint density at radius 1 is 1.33 bits per heavy atom. The Morgan fingerprint density at radius 3 is 3.00 bits per heavy atom. The van der Waals surface area contributed by atoms with Crippen molar-refractivity contribution in [2.75, 3.05) is 0 Å². The zero-order valence-electron chi connectivity index (χ0n) is 7.08. The monoisotopic (exact) mass is 177 g/mol. The first-order valence-corrected chi connectivity index (χ1v) is 5.02. The van der Waals surface area contributed by atoms with Gasteiger partial charge in [0.1, 0.15) is 0 Å². The predicted molar refractivity (Wildman–Crippen MR) is 53.6 cm³/mol. The van der Waals surface area contributed by atoms with Gasteiger partial charge < -0.3 is 0 Å². The topological polar surface area (TPSA) is 12.9 Å². The van der Waals surface area contributed by atoms with Gasteiger partial charge in [0, 0.05) is 5.39 Å². The normalized spacial score (nSPS) is 10.8. The summed E-state index contributed by atoms with van der Waals surface area (Å²) in [5.74, 6) is 0. The van der Waals surface area contributed by atoms with Gasteiger partial charge in [0.15, 0.2) is 0 Å². The van der Waals surface area contributed by atoms with Gasteiger partial charge >= 0.3 is 0 Å². The quantitative estimate of drug-likeness (QED) is 0.686. The Morgan fingerprint density at radius 2 is 2.17 bits per heavy atom. The van der Waals surface area contributed by atoms with Crippen LogP contribution in [0.15, 0.2) is 24.3 Å². The highest BCUT2D eigenvalue weighted by molar-refractivity contribution is 7.13. The zero-order valence-corrected chi connectivity index (χ0v) is 7.90. The summed E-state index contributed by atoms with van der Waals surface area (Å²) in [5.41, 5.74) is 1.26. The average molecular weight is 177 g/mol. The molecule has 1 heterocycles. The van der Waals surface area contributed by atoms with Gasteiger partial charge in [-0.3, -0.25) is 0 Å². The maximum Gasteiger partial charge on any atom is 0.0620 e. The average Bonchev–Trinajstić information content (AvgIpc) is 2.50. The van der Waals surface area contributed by atoms with E-state index in [4.69, 9.17) is 0 Å². The van der Waals surface area contributed by atoms with E-state index in [1.807, 2.05) is 0 Å². The lowest BCUT2D eigenvalue weighted by molar-refractivity contribution is 0.908. The second kappa shape index (κ2) is 3.23. The van der Waals surface area contributed by atoms with Gasteiger partial charge in [-0.15, -0.1) is 0 Å². The van der Waals surface area contributed by atoms with Crippen LogP contribution in [-0.2, 0) is 6.42 Å². The molecule has 1 nitrogen and oxygen atoms in total. The molecule has 0 fully saturated rings. The predicted octanol–water partition coefficient (Wildman–Crippen LogP) is 3.25. The number of hydrogen-bond donors (Lipinski definition) is 0. The molecule has 2 rings (SSSR count). The van der Waals surface area contributed by atoms with E-state index in [1.54, 1.807) is 11.5 Å².